The second-order valence-electron chi connectivity index (χ2n) is 3.41. The van der Waals surface area contributed by atoms with Crippen molar-refractivity contribution in [1.82, 2.24) is 10.6 Å². The van der Waals surface area contributed by atoms with Gasteiger partial charge < -0.3 is 10.6 Å². The van der Waals surface area contributed by atoms with Crippen molar-refractivity contribution < 1.29 is 8.42 Å². The maximum absolute atomic E-state index is 11.1. The minimum absolute atomic E-state index is 0.184. The molecule has 5 heteroatoms. The molecule has 1 rings (SSSR count). The van der Waals surface area contributed by atoms with Gasteiger partial charge in [0.1, 0.15) is 0 Å². The Kier molecular flexibility index (Phi) is 4.15. The Bertz CT molecular complexity index is 239. The minimum atomic E-state index is -2.72. The van der Waals surface area contributed by atoms with Crippen LogP contribution in [0.15, 0.2) is 0 Å². The molecule has 0 aromatic heterocycles. The average Bonchev–Trinajstić information content (AvgIpc) is 2.40. The molecule has 1 heterocycles. The van der Waals surface area contributed by atoms with Crippen molar-refractivity contribution in [3.63, 3.8) is 0 Å². The fourth-order valence-electron chi connectivity index (χ4n) is 1.50. The van der Waals surface area contributed by atoms with Gasteiger partial charge in [-0.2, -0.15) is 0 Å². The lowest BCUT2D eigenvalue weighted by Gasteiger charge is -2.10. The van der Waals surface area contributed by atoms with Crippen LogP contribution >= 0.6 is 0 Å². The fraction of sp³-hybridized carbons (Fsp3) is 1.00. The Morgan fingerprint density at radius 3 is 2.69 bits per heavy atom. The van der Waals surface area contributed by atoms with Crippen LogP contribution in [-0.2, 0) is 9.84 Å². The first-order valence-corrected chi connectivity index (χ1v) is 6.60. The van der Waals surface area contributed by atoms with E-state index >= 15 is 0 Å². The van der Waals surface area contributed by atoms with Gasteiger partial charge in [0.2, 0.25) is 0 Å². The van der Waals surface area contributed by atoms with Gasteiger partial charge in [0.25, 0.3) is 0 Å². The van der Waals surface area contributed by atoms with E-state index in [2.05, 4.69) is 17.6 Å². The summed E-state index contributed by atoms with van der Waals surface area (Å²) in [6.07, 6.45) is 0.772. The zero-order valence-corrected chi connectivity index (χ0v) is 8.86. The molecule has 0 saturated carbocycles. The molecule has 78 valence electrons. The van der Waals surface area contributed by atoms with Crippen LogP contribution < -0.4 is 10.6 Å². The second-order valence-corrected chi connectivity index (χ2v) is 5.64. The van der Waals surface area contributed by atoms with E-state index in [0.29, 0.717) is 11.5 Å². The van der Waals surface area contributed by atoms with Crippen LogP contribution in [0.1, 0.15) is 13.3 Å². The molecule has 1 fully saturated rings. The maximum atomic E-state index is 11.1. The molecule has 4 nitrogen and oxygen atoms in total. The van der Waals surface area contributed by atoms with Crippen molar-refractivity contribution in [3.8, 4) is 0 Å². The van der Waals surface area contributed by atoms with E-state index in [0.717, 1.165) is 26.1 Å². The lowest BCUT2D eigenvalue weighted by molar-refractivity contribution is 0.538. The number of nitrogens with one attached hydrogen (secondary N) is 2. The van der Waals surface area contributed by atoms with Gasteiger partial charge in [0, 0.05) is 19.1 Å². The fourth-order valence-corrected chi connectivity index (χ4v) is 3.21. The number of rotatable bonds is 5. The molecule has 1 saturated heterocycles. The Morgan fingerprint density at radius 2 is 2.15 bits per heavy atom. The van der Waals surface area contributed by atoms with Crippen molar-refractivity contribution in [2.75, 3.05) is 31.1 Å². The van der Waals surface area contributed by atoms with Gasteiger partial charge in [-0.05, 0) is 13.0 Å². The summed E-state index contributed by atoms with van der Waals surface area (Å²) in [6.45, 7) is 4.78. The molecule has 1 aliphatic rings. The van der Waals surface area contributed by atoms with Crippen molar-refractivity contribution in [2.24, 2.45) is 0 Å². The zero-order chi connectivity index (χ0) is 9.73. The summed E-state index contributed by atoms with van der Waals surface area (Å²) in [6, 6.07) is 0.184. The van der Waals surface area contributed by atoms with E-state index < -0.39 is 9.84 Å². The molecule has 0 spiro atoms. The number of sulfone groups is 1. The summed E-state index contributed by atoms with van der Waals surface area (Å²) < 4.78 is 22.1. The van der Waals surface area contributed by atoms with Crippen LogP contribution in [0.3, 0.4) is 0 Å². The number of likely N-dealkylation sites (N-methyl/N-ethyl adjacent to an activating group) is 1. The molecule has 2 N–H and O–H groups in total. The standard InChI is InChI=1S/C8H18N2O2S/c1-2-9-4-5-10-8-3-6-13(11,12)7-8/h8-10H,2-7H2,1H3. The van der Waals surface area contributed by atoms with E-state index in [-0.39, 0.29) is 6.04 Å². The molecule has 13 heavy (non-hydrogen) atoms. The van der Waals surface area contributed by atoms with E-state index in [9.17, 15) is 8.42 Å². The van der Waals surface area contributed by atoms with Gasteiger partial charge >= 0.3 is 0 Å². The van der Waals surface area contributed by atoms with E-state index in [1.807, 2.05) is 0 Å². The molecule has 1 atom stereocenters. The van der Waals surface area contributed by atoms with Crippen LogP contribution in [0.25, 0.3) is 0 Å². The third kappa shape index (κ3) is 4.06. The predicted octanol–water partition coefficient (Wildman–Crippen LogP) is -0.627. The summed E-state index contributed by atoms with van der Waals surface area (Å²) in [5.74, 6) is 0.672. The van der Waals surface area contributed by atoms with Gasteiger partial charge in [-0.1, -0.05) is 6.92 Å². The average molecular weight is 206 g/mol. The molecule has 0 bridgehead atoms. The third-order valence-corrected chi connectivity index (χ3v) is 3.99. The SMILES string of the molecule is CCNCCNC1CCS(=O)(=O)C1. The normalized spacial score (nSPS) is 26.4. The molecule has 0 aromatic carbocycles. The van der Waals surface area contributed by atoms with E-state index in [4.69, 9.17) is 0 Å². The lowest BCUT2D eigenvalue weighted by atomic mass is 10.3. The molecular formula is C8H18N2O2S. The Morgan fingerprint density at radius 1 is 1.38 bits per heavy atom. The maximum Gasteiger partial charge on any atom is 0.151 e. The molecule has 1 unspecified atom stereocenters. The molecular weight excluding hydrogens is 188 g/mol. The van der Waals surface area contributed by atoms with Crippen molar-refractivity contribution in [2.45, 2.75) is 19.4 Å². The van der Waals surface area contributed by atoms with E-state index in [1.54, 1.807) is 0 Å². The highest BCUT2D eigenvalue weighted by molar-refractivity contribution is 7.91. The first kappa shape index (κ1) is 10.9. The summed E-state index contributed by atoms with van der Waals surface area (Å²) in [5.41, 5.74) is 0. The highest BCUT2D eigenvalue weighted by Gasteiger charge is 2.26. The largest absolute Gasteiger partial charge is 0.316 e. The highest BCUT2D eigenvalue weighted by atomic mass is 32.2. The summed E-state index contributed by atoms with van der Waals surface area (Å²) in [5, 5.41) is 6.41. The highest BCUT2D eigenvalue weighted by Crippen LogP contribution is 2.10. The van der Waals surface area contributed by atoms with Crippen molar-refractivity contribution in [1.29, 1.82) is 0 Å². The number of hydrogen-bond donors (Lipinski definition) is 2. The number of hydrogen-bond acceptors (Lipinski definition) is 4. The third-order valence-electron chi connectivity index (χ3n) is 2.22. The van der Waals surface area contributed by atoms with Crippen LogP contribution in [-0.4, -0.2) is 45.6 Å². The molecule has 0 aromatic rings. The minimum Gasteiger partial charge on any atom is -0.316 e. The smallest absolute Gasteiger partial charge is 0.151 e. The van der Waals surface area contributed by atoms with Crippen LogP contribution in [0.4, 0.5) is 0 Å². The molecule has 1 aliphatic heterocycles. The van der Waals surface area contributed by atoms with Gasteiger partial charge in [-0.15, -0.1) is 0 Å². The summed E-state index contributed by atoms with van der Waals surface area (Å²) in [7, 11) is -2.72. The quantitative estimate of drug-likeness (QED) is 0.588. The predicted molar refractivity (Wildman–Crippen MR) is 53.6 cm³/mol. The van der Waals surface area contributed by atoms with E-state index in [1.165, 1.54) is 0 Å². The van der Waals surface area contributed by atoms with Crippen LogP contribution in [0.5, 0.6) is 0 Å². The zero-order valence-electron chi connectivity index (χ0n) is 8.04. The molecule has 0 amide bonds. The second kappa shape index (κ2) is 4.93. The van der Waals surface area contributed by atoms with Crippen LogP contribution in [0, 0.1) is 0 Å². The first-order chi connectivity index (χ1) is 6.14. The Hall–Kier alpha value is -0.130. The van der Waals surface area contributed by atoms with Gasteiger partial charge in [0.15, 0.2) is 9.84 Å². The monoisotopic (exact) mass is 206 g/mol. The summed E-state index contributed by atoms with van der Waals surface area (Å²) in [4.78, 5) is 0. The van der Waals surface area contributed by atoms with Crippen LogP contribution in [0.2, 0.25) is 0 Å². The van der Waals surface area contributed by atoms with Gasteiger partial charge in [-0.25, -0.2) is 8.42 Å². The van der Waals surface area contributed by atoms with Gasteiger partial charge in [0.05, 0.1) is 11.5 Å². The topological polar surface area (TPSA) is 58.2 Å². The Balaban J connectivity index is 2.11. The van der Waals surface area contributed by atoms with Crippen molar-refractivity contribution >= 4 is 9.84 Å². The Labute approximate surface area is 80.0 Å². The molecule has 0 aliphatic carbocycles. The summed E-state index contributed by atoms with van der Waals surface area (Å²) >= 11 is 0. The lowest BCUT2D eigenvalue weighted by Crippen LogP contribution is -2.35. The first-order valence-electron chi connectivity index (χ1n) is 4.78. The van der Waals surface area contributed by atoms with Gasteiger partial charge in [-0.3, -0.25) is 0 Å². The van der Waals surface area contributed by atoms with Crippen molar-refractivity contribution in [3.05, 3.63) is 0 Å². The molecule has 0 radical (unpaired) electrons.